The predicted octanol–water partition coefficient (Wildman–Crippen LogP) is 1.75. The zero-order chi connectivity index (χ0) is 14.9. The lowest BCUT2D eigenvalue weighted by atomic mass is 10.1. The Balaban J connectivity index is 1.89. The van der Waals surface area contributed by atoms with Gasteiger partial charge in [-0.25, -0.2) is 0 Å². The molecule has 0 amide bonds. The van der Waals surface area contributed by atoms with E-state index in [1.165, 1.54) is 0 Å². The average Bonchev–Trinajstić information content (AvgIpc) is 2.73. The summed E-state index contributed by atoms with van der Waals surface area (Å²) < 4.78 is 27.7. The van der Waals surface area contributed by atoms with Crippen LogP contribution in [-0.2, 0) is 16.4 Å². The fraction of sp³-hybridized carbons (Fsp3) is 0.133. The molecule has 0 saturated heterocycles. The maximum atomic E-state index is 12.0. The highest BCUT2D eigenvalue weighted by Gasteiger charge is 2.28. The zero-order valence-electron chi connectivity index (χ0n) is 11.3. The first kappa shape index (κ1) is 13.8. The largest absolute Gasteiger partial charge is 0.339 e. The SMILES string of the molecule is NCCc1ccc(NC2=NS(=O)(=O)c3ccccc32)cc1. The lowest BCUT2D eigenvalue weighted by Crippen LogP contribution is -2.11. The summed E-state index contributed by atoms with van der Waals surface area (Å²) in [5.41, 5.74) is 8.05. The minimum absolute atomic E-state index is 0.243. The van der Waals surface area contributed by atoms with E-state index >= 15 is 0 Å². The number of amidine groups is 1. The summed E-state index contributed by atoms with van der Waals surface area (Å²) in [5.74, 6) is 0.358. The van der Waals surface area contributed by atoms with Crippen molar-refractivity contribution in [2.45, 2.75) is 11.3 Å². The molecule has 0 aliphatic carbocycles. The lowest BCUT2D eigenvalue weighted by Gasteiger charge is -2.07. The summed E-state index contributed by atoms with van der Waals surface area (Å²) in [6.07, 6.45) is 0.818. The Labute approximate surface area is 123 Å². The van der Waals surface area contributed by atoms with Crippen molar-refractivity contribution in [3.05, 3.63) is 59.7 Å². The van der Waals surface area contributed by atoms with E-state index < -0.39 is 10.0 Å². The van der Waals surface area contributed by atoms with Gasteiger partial charge in [-0.2, -0.15) is 8.42 Å². The molecule has 0 fully saturated rings. The van der Waals surface area contributed by atoms with Crippen LogP contribution < -0.4 is 11.1 Å². The molecule has 2 aromatic rings. The van der Waals surface area contributed by atoms with Gasteiger partial charge in [0.1, 0.15) is 4.90 Å². The van der Waals surface area contributed by atoms with E-state index in [0.29, 0.717) is 17.9 Å². The van der Waals surface area contributed by atoms with Gasteiger partial charge < -0.3 is 11.1 Å². The Hall–Kier alpha value is -2.18. The summed E-state index contributed by atoms with van der Waals surface area (Å²) in [4.78, 5) is 0.243. The van der Waals surface area contributed by atoms with E-state index in [1.54, 1.807) is 24.3 Å². The number of hydrogen-bond donors (Lipinski definition) is 2. The van der Waals surface area contributed by atoms with Gasteiger partial charge in [0.2, 0.25) is 0 Å². The summed E-state index contributed by atoms with van der Waals surface area (Å²) in [7, 11) is -3.58. The molecule has 0 aromatic heterocycles. The van der Waals surface area contributed by atoms with Crippen LogP contribution in [0.15, 0.2) is 57.8 Å². The van der Waals surface area contributed by atoms with Crippen molar-refractivity contribution in [1.29, 1.82) is 0 Å². The molecule has 2 aromatic carbocycles. The van der Waals surface area contributed by atoms with Gasteiger partial charge in [-0.15, -0.1) is 4.40 Å². The third-order valence-corrected chi connectivity index (χ3v) is 4.62. The van der Waals surface area contributed by atoms with Crippen molar-refractivity contribution in [2.24, 2.45) is 10.1 Å². The van der Waals surface area contributed by atoms with E-state index in [4.69, 9.17) is 5.73 Å². The number of fused-ring (bicyclic) bond motifs is 1. The van der Waals surface area contributed by atoms with Gasteiger partial charge in [-0.05, 0) is 42.8 Å². The molecule has 1 heterocycles. The second kappa shape index (κ2) is 5.31. The highest BCUT2D eigenvalue weighted by atomic mass is 32.2. The van der Waals surface area contributed by atoms with Crippen LogP contribution >= 0.6 is 0 Å². The zero-order valence-corrected chi connectivity index (χ0v) is 12.1. The van der Waals surface area contributed by atoms with Gasteiger partial charge in [0, 0.05) is 11.3 Å². The van der Waals surface area contributed by atoms with Gasteiger partial charge >= 0.3 is 0 Å². The molecule has 21 heavy (non-hydrogen) atoms. The number of anilines is 1. The van der Waals surface area contributed by atoms with Gasteiger partial charge in [0.05, 0.1) is 0 Å². The lowest BCUT2D eigenvalue weighted by molar-refractivity contribution is 0.599. The second-order valence-corrected chi connectivity index (χ2v) is 6.34. The number of hydrogen-bond acceptors (Lipinski definition) is 4. The summed E-state index contributed by atoms with van der Waals surface area (Å²) in [6.45, 7) is 0.602. The topological polar surface area (TPSA) is 84.5 Å². The second-order valence-electron chi connectivity index (χ2n) is 4.77. The van der Waals surface area contributed by atoms with Crippen LogP contribution in [0.1, 0.15) is 11.1 Å². The third kappa shape index (κ3) is 2.68. The van der Waals surface area contributed by atoms with Gasteiger partial charge in [0.25, 0.3) is 10.0 Å². The fourth-order valence-corrected chi connectivity index (χ4v) is 3.43. The fourth-order valence-electron chi connectivity index (χ4n) is 2.25. The van der Waals surface area contributed by atoms with Crippen LogP contribution in [0.5, 0.6) is 0 Å². The molecular formula is C15H15N3O2S. The molecular weight excluding hydrogens is 286 g/mol. The number of nitrogens with zero attached hydrogens (tertiary/aromatic N) is 1. The molecule has 0 radical (unpaired) electrons. The molecule has 108 valence electrons. The molecule has 5 nitrogen and oxygen atoms in total. The smallest absolute Gasteiger partial charge is 0.285 e. The third-order valence-electron chi connectivity index (χ3n) is 3.28. The molecule has 0 atom stereocenters. The monoisotopic (exact) mass is 301 g/mol. The summed E-state index contributed by atoms with van der Waals surface area (Å²) in [6, 6.07) is 14.5. The van der Waals surface area contributed by atoms with Crippen molar-refractivity contribution in [3.8, 4) is 0 Å². The highest BCUT2D eigenvalue weighted by Crippen LogP contribution is 2.26. The minimum atomic E-state index is -3.58. The van der Waals surface area contributed by atoms with Crippen molar-refractivity contribution >= 4 is 21.5 Å². The van der Waals surface area contributed by atoms with E-state index in [9.17, 15) is 8.42 Å². The van der Waals surface area contributed by atoms with Crippen LogP contribution in [0.25, 0.3) is 0 Å². The van der Waals surface area contributed by atoms with Crippen LogP contribution in [0.2, 0.25) is 0 Å². The molecule has 0 bridgehead atoms. The quantitative estimate of drug-likeness (QED) is 0.904. The van der Waals surface area contributed by atoms with E-state index in [-0.39, 0.29) is 4.90 Å². The normalized spacial score (nSPS) is 15.4. The first-order valence-corrected chi connectivity index (χ1v) is 8.04. The van der Waals surface area contributed by atoms with E-state index in [0.717, 1.165) is 17.7 Å². The molecule has 1 aliphatic rings. The predicted molar refractivity (Wildman–Crippen MR) is 83.0 cm³/mol. The van der Waals surface area contributed by atoms with Crippen LogP contribution in [-0.4, -0.2) is 20.8 Å². The maximum absolute atomic E-state index is 12.0. The number of nitrogens with two attached hydrogens (primary N) is 1. The van der Waals surface area contributed by atoms with Crippen LogP contribution in [0.4, 0.5) is 5.69 Å². The Morgan fingerprint density at radius 3 is 2.48 bits per heavy atom. The van der Waals surface area contributed by atoms with E-state index in [2.05, 4.69) is 9.71 Å². The molecule has 0 saturated carbocycles. The van der Waals surface area contributed by atoms with Crippen LogP contribution in [0, 0.1) is 0 Å². The van der Waals surface area contributed by atoms with Gasteiger partial charge in [-0.3, -0.25) is 0 Å². The Bertz CT molecular complexity index is 796. The summed E-state index contributed by atoms with van der Waals surface area (Å²) in [5, 5.41) is 3.06. The standard InChI is InChI=1S/C15H15N3O2S/c16-10-9-11-5-7-12(8-6-11)17-15-13-3-1-2-4-14(13)21(19,20)18-15/h1-8H,9-10,16H2,(H,17,18). The van der Waals surface area contributed by atoms with E-state index in [1.807, 2.05) is 24.3 Å². The number of sulfonamides is 1. The summed E-state index contributed by atoms with van der Waals surface area (Å²) >= 11 is 0. The first-order chi connectivity index (χ1) is 10.1. The van der Waals surface area contributed by atoms with Crippen molar-refractivity contribution < 1.29 is 8.42 Å². The molecule has 1 aliphatic heterocycles. The Morgan fingerprint density at radius 1 is 1.05 bits per heavy atom. The average molecular weight is 301 g/mol. The van der Waals surface area contributed by atoms with Crippen molar-refractivity contribution in [3.63, 3.8) is 0 Å². The molecule has 3 N–H and O–H groups in total. The minimum Gasteiger partial charge on any atom is -0.339 e. The van der Waals surface area contributed by atoms with Gasteiger partial charge in [0.15, 0.2) is 5.84 Å². The highest BCUT2D eigenvalue weighted by molar-refractivity contribution is 7.90. The molecule has 6 heteroatoms. The Morgan fingerprint density at radius 2 is 1.76 bits per heavy atom. The number of benzene rings is 2. The number of nitrogens with one attached hydrogen (secondary N) is 1. The Kier molecular flexibility index (Phi) is 3.48. The van der Waals surface area contributed by atoms with Crippen LogP contribution in [0.3, 0.4) is 0 Å². The molecule has 3 rings (SSSR count). The number of rotatable bonds is 3. The first-order valence-electron chi connectivity index (χ1n) is 6.60. The maximum Gasteiger partial charge on any atom is 0.285 e. The van der Waals surface area contributed by atoms with Crippen molar-refractivity contribution in [1.82, 2.24) is 0 Å². The van der Waals surface area contributed by atoms with Gasteiger partial charge in [-0.1, -0.05) is 24.3 Å². The van der Waals surface area contributed by atoms with Crippen molar-refractivity contribution in [2.75, 3.05) is 11.9 Å². The molecule has 0 unspecified atom stereocenters. The molecule has 0 spiro atoms.